The highest BCUT2D eigenvalue weighted by Crippen LogP contribution is 2.09. The second kappa shape index (κ2) is 6.04. The Kier molecular flexibility index (Phi) is 3.77. The molecular formula is C15H15N5O. The number of aromatic amines is 1. The van der Waals surface area contributed by atoms with Gasteiger partial charge in [-0.25, -0.2) is 9.97 Å². The monoisotopic (exact) mass is 281 g/mol. The van der Waals surface area contributed by atoms with Crippen molar-refractivity contribution in [2.45, 2.75) is 6.42 Å². The maximum atomic E-state index is 12.0. The molecule has 0 aliphatic heterocycles. The van der Waals surface area contributed by atoms with E-state index < -0.39 is 0 Å². The Morgan fingerprint density at radius 3 is 2.76 bits per heavy atom. The molecule has 1 aromatic carbocycles. The summed E-state index contributed by atoms with van der Waals surface area (Å²) in [6.45, 7) is 0.574. The first-order valence-electron chi connectivity index (χ1n) is 6.67. The van der Waals surface area contributed by atoms with Gasteiger partial charge in [0.15, 0.2) is 0 Å². The van der Waals surface area contributed by atoms with Crippen LogP contribution in [0.5, 0.6) is 0 Å². The van der Waals surface area contributed by atoms with E-state index >= 15 is 0 Å². The summed E-state index contributed by atoms with van der Waals surface area (Å²) in [6.07, 6.45) is 9.42. The molecule has 0 saturated heterocycles. The predicted molar refractivity (Wildman–Crippen MR) is 78.2 cm³/mol. The van der Waals surface area contributed by atoms with Crippen LogP contribution >= 0.6 is 0 Å². The van der Waals surface area contributed by atoms with E-state index in [4.69, 9.17) is 0 Å². The lowest BCUT2D eigenvalue weighted by atomic mass is 10.2. The minimum Gasteiger partial charge on any atom is -0.352 e. The van der Waals surface area contributed by atoms with Crippen LogP contribution in [0.3, 0.4) is 0 Å². The molecule has 0 unspecified atom stereocenters. The first-order valence-corrected chi connectivity index (χ1v) is 6.67. The molecular weight excluding hydrogens is 266 g/mol. The summed E-state index contributed by atoms with van der Waals surface area (Å²) in [5, 5.41) is 2.89. The van der Waals surface area contributed by atoms with Crippen LogP contribution in [0.2, 0.25) is 0 Å². The maximum absolute atomic E-state index is 12.0. The van der Waals surface area contributed by atoms with Crippen LogP contribution in [-0.2, 0) is 6.42 Å². The smallest absolute Gasteiger partial charge is 0.251 e. The summed E-state index contributed by atoms with van der Waals surface area (Å²) in [6, 6.07) is 7.40. The molecule has 6 heteroatoms. The summed E-state index contributed by atoms with van der Waals surface area (Å²) >= 11 is 0. The second-order valence-electron chi connectivity index (χ2n) is 4.60. The number of nitrogens with zero attached hydrogens (tertiary/aromatic N) is 3. The van der Waals surface area contributed by atoms with Crippen molar-refractivity contribution in [1.82, 2.24) is 24.8 Å². The van der Waals surface area contributed by atoms with Gasteiger partial charge in [-0.3, -0.25) is 4.79 Å². The molecule has 0 bridgehead atoms. The molecule has 1 amide bonds. The van der Waals surface area contributed by atoms with Crippen molar-refractivity contribution in [3.05, 3.63) is 66.8 Å². The molecule has 2 N–H and O–H groups in total. The molecule has 21 heavy (non-hydrogen) atoms. The van der Waals surface area contributed by atoms with E-state index in [1.807, 2.05) is 22.9 Å². The molecule has 0 atom stereocenters. The van der Waals surface area contributed by atoms with Gasteiger partial charge in [0.25, 0.3) is 5.91 Å². The van der Waals surface area contributed by atoms with E-state index in [0.717, 1.165) is 17.8 Å². The van der Waals surface area contributed by atoms with Crippen LogP contribution in [0.4, 0.5) is 0 Å². The van der Waals surface area contributed by atoms with E-state index in [0.29, 0.717) is 12.1 Å². The Labute approximate surface area is 121 Å². The van der Waals surface area contributed by atoms with Crippen molar-refractivity contribution in [2.24, 2.45) is 0 Å². The van der Waals surface area contributed by atoms with Gasteiger partial charge >= 0.3 is 0 Å². The van der Waals surface area contributed by atoms with E-state index in [-0.39, 0.29) is 5.91 Å². The number of H-pyrrole nitrogens is 1. The van der Waals surface area contributed by atoms with E-state index in [1.54, 1.807) is 37.2 Å². The van der Waals surface area contributed by atoms with Crippen molar-refractivity contribution in [3.63, 3.8) is 0 Å². The molecule has 3 rings (SSSR count). The van der Waals surface area contributed by atoms with Crippen molar-refractivity contribution in [3.8, 4) is 5.69 Å². The number of carbonyl (C=O) groups excluding carboxylic acids is 1. The Morgan fingerprint density at radius 2 is 2.10 bits per heavy atom. The second-order valence-corrected chi connectivity index (χ2v) is 4.60. The molecule has 3 aromatic rings. The standard InChI is InChI=1S/C15H15N5O/c21-15(18-6-5-13-9-17-10-19-13)12-1-3-14(4-2-12)20-8-7-16-11-20/h1-4,7-11H,5-6H2,(H,17,19)(H,18,21). The molecule has 0 fully saturated rings. The minimum absolute atomic E-state index is 0.0771. The highest BCUT2D eigenvalue weighted by atomic mass is 16.1. The van der Waals surface area contributed by atoms with Gasteiger partial charge < -0.3 is 14.9 Å². The lowest BCUT2D eigenvalue weighted by molar-refractivity contribution is 0.0954. The Morgan fingerprint density at radius 1 is 1.24 bits per heavy atom. The van der Waals surface area contributed by atoms with Gasteiger partial charge in [0.1, 0.15) is 0 Å². The maximum Gasteiger partial charge on any atom is 0.251 e. The third-order valence-corrected chi connectivity index (χ3v) is 3.17. The number of rotatable bonds is 5. The molecule has 0 aliphatic carbocycles. The van der Waals surface area contributed by atoms with Crippen LogP contribution in [0.25, 0.3) is 5.69 Å². The fourth-order valence-corrected chi connectivity index (χ4v) is 2.03. The highest BCUT2D eigenvalue weighted by molar-refractivity contribution is 5.94. The first kappa shape index (κ1) is 13.1. The normalized spacial score (nSPS) is 10.5. The molecule has 106 valence electrons. The predicted octanol–water partition coefficient (Wildman–Crippen LogP) is 1.57. The van der Waals surface area contributed by atoms with Crippen molar-refractivity contribution in [2.75, 3.05) is 6.54 Å². The molecule has 2 heterocycles. The van der Waals surface area contributed by atoms with E-state index in [1.165, 1.54) is 0 Å². The number of amides is 1. The number of nitrogens with one attached hydrogen (secondary N) is 2. The van der Waals surface area contributed by atoms with Crippen LogP contribution < -0.4 is 5.32 Å². The largest absolute Gasteiger partial charge is 0.352 e. The van der Waals surface area contributed by atoms with E-state index in [2.05, 4.69) is 20.3 Å². The summed E-state index contributed by atoms with van der Waals surface area (Å²) in [5.74, 6) is -0.0771. The Hall–Kier alpha value is -2.89. The molecule has 6 nitrogen and oxygen atoms in total. The van der Waals surface area contributed by atoms with Gasteiger partial charge in [-0.1, -0.05) is 0 Å². The number of hydrogen-bond donors (Lipinski definition) is 2. The number of carbonyl (C=O) groups is 1. The molecule has 0 radical (unpaired) electrons. The van der Waals surface area contributed by atoms with Gasteiger partial charge in [-0.15, -0.1) is 0 Å². The third kappa shape index (κ3) is 3.17. The number of aromatic nitrogens is 4. The third-order valence-electron chi connectivity index (χ3n) is 3.17. The Balaban J connectivity index is 1.57. The number of benzene rings is 1. The zero-order chi connectivity index (χ0) is 14.5. The summed E-state index contributed by atoms with van der Waals surface area (Å²) in [5.41, 5.74) is 2.62. The van der Waals surface area contributed by atoms with Crippen molar-refractivity contribution in [1.29, 1.82) is 0 Å². The first-order chi connectivity index (χ1) is 10.3. The average molecular weight is 281 g/mol. The quantitative estimate of drug-likeness (QED) is 0.745. The molecule has 0 saturated carbocycles. The Bertz CT molecular complexity index is 686. The summed E-state index contributed by atoms with van der Waals surface area (Å²) < 4.78 is 1.89. The lowest BCUT2D eigenvalue weighted by Gasteiger charge is -2.06. The SMILES string of the molecule is O=C(NCCc1cnc[nH]1)c1ccc(-n2ccnc2)cc1. The fraction of sp³-hybridized carbons (Fsp3) is 0.133. The zero-order valence-corrected chi connectivity index (χ0v) is 11.4. The van der Waals surface area contributed by atoms with Crippen LogP contribution in [0.15, 0.2) is 55.5 Å². The van der Waals surface area contributed by atoms with Crippen LogP contribution in [-0.4, -0.2) is 32.0 Å². The highest BCUT2D eigenvalue weighted by Gasteiger charge is 2.05. The van der Waals surface area contributed by atoms with Crippen LogP contribution in [0.1, 0.15) is 16.1 Å². The van der Waals surface area contributed by atoms with Crippen LogP contribution in [0, 0.1) is 0 Å². The van der Waals surface area contributed by atoms with Gasteiger partial charge in [-0.2, -0.15) is 0 Å². The average Bonchev–Trinajstić information content (AvgIpc) is 3.21. The van der Waals surface area contributed by atoms with E-state index in [9.17, 15) is 4.79 Å². The summed E-state index contributed by atoms with van der Waals surface area (Å²) in [4.78, 5) is 23.0. The molecule has 0 aliphatic rings. The van der Waals surface area contributed by atoms with Gasteiger partial charge in [0.2, 0.25) is 0 Å². The molecule has 0 spiro atoms. The number of imidazole rings is 2. The molecule has 2 aromatic heterocycles. The van der Waals surface area contributed by atoms with Crippen molar-refractivity contribution >= 4 is 5.91 Å². The zero-order valence-electron chi connectivity index (χ0n) is 11.4. The van der Waals surface area contributed by atoms with Crippen molar-refractivity contribution < 1.29 is 4.79 Å². The van der Waals surface area contributed by atoms with Gasteiger partial charge in [0, 0.05) is 48.5 Å². The topological polar surface area (TPSA) is 75.6 Å². The minimum atomic E-state index is -0.0771. The van der Waals surface area contributed by atoms with Gasteiger partial charge in [0.05, 0.1) is 12.7 Å². The van der Waals surface area contributed by atoms with Gasteiger partial charge in [-0.05, 0) is 24.3 Å². The summed E-state index contributed by atoms with van der Waals surface area (Å²) in [7, 11) is 0. The lowest BCUT2D eigenvalue weighted by Crippen LogP contribution is -2.25. The fourth-order valence-electron chi connectivity index (χ4n) is 2.03. The number of hydrogen-bond acceptors (Lipinski definition) is 3.